The smallest absolute Gasteiger partial charge is 0.356 e. The first kappa shape index (κ1) is 13.7. The van der Waals surface area contributed by atoms with Crippen molar-refractivity contribution in [3.8, 4) is 5.75 Å². The van der Waals surface area contributed by atoms with Crippen molar-refractivity contribution in [2.45, 2.75) is 6.92 Å². The SMILES string of the molecule is COC(=O)c1cc(OC)c2c(Br)c(F)cc(C)c2n1. The Bertz CT molecular complexity index is 673. The molecule has 19 heavy (non-hydrogen) atoms. The molecule has 0 aliphatic rings. The molecule has 2 aromatic rings. The van der Waals surface area contributed by atoms with Crippen LogP contribution in [0, 0.1) is 12.7 Å². The molecule has 0 amide bonds. The van der Waals surface area contributed by atoms with Crippen LogP contribution in [0.3, 0.4) is 0 Å². The highest BCUT2D eigenvalue weighted by Crippen LogP contribution is 2.35. The van der Waals surface area contributed by atoms with Gasteiger partial charge in [-0.05, 0) is 34.5 Å². The molecule has 6 heteroatoms. The lowest BCUT2D eigenvalue weighted by molar-refractivity contribution is 0.0594. The molecule has 0 unspecified atom stereocenters. The van der Waals surface area contributed by atoms with Crippen molar-refractivity contribution in [1.29, 1.82) is 0 Å². The van der Waals surface area contributed by atoms with Gasteiger partial charge in [-0.15, -0.1) is 0 Å². The Morgan fingerprint density at radius 1 is 1.37 bits per heavy atom. The Morgan fingerprint density at radius 3 is 2.63 bits per heavy atom. The van der Waals surface area contributed by atoms with E-state index in [0.717, 1.165) is 0 Å². The van der Waals surface area contributed by atoms with Crippen LogP contribution in [0.25, 0.3) is 10.9 Å². The van der Waals surface area contributed by atoms with Gasteiger partial charge in [0.2, 0.25) is 0 Å². The molecule has 0 radical (unpaired) electrons. The summed E-state index contributed by atoms with van der Waals surface area (Å²) in [4.78, 5) is 15.8. The van der Waals surface area contributed by atoms with Crippen LogP contribution in [0.2, 0.25) is 0 Å². The fourth-order valence-corrected chi connectivity index (χ4v) is 2.33. The average Bonchev–Trinajstić information content (AvgIpc) is 2.42. The molecule has 4 nitrogen and oxygen atoms in total. The molecule has 0 saturated heterocycles. The van der Waals surface area contributed by atoms with Crippen molar-refractivity contribution in [2.24, 2.45) is 0 Å². The molecule has 0 spiro atoms. The molecular formula is C13H11BrFNO3. The third kappa shape index (κ3) is 2.28. The lowest BCUT2D eigenvalue weighted by Crippen LogP contribution is -2.06. The molecule has 0 atom stereocenters. The summed E-state index contributed by atoms with van der Waals surface area (Å²) in [6.07, 6.45) is 0. The van der Waals surface area contributed by atoms with Crippen LogP contribution in [0.15, 0.2) is 16.6 Å². The van der Waals surface area contributed by atoms with Crippen molar-refractivity contribution in [1.82, 2.24) is 4.98 Å². The number of aryl methyl sites for hydroxylation is 1. The molecule has 0 aliphatic heterocycles. The summed E-state index contributed by atoms with van der Waals surface area (Å²) in [5.74, 6) is -0.615. The van der Waals surface area contributed by atoms with Gasteiger partial charge in [-0.1, -0.05) is 0 Å². The summed E-state index contributed by atoms with van der Waals surface area (Å²) < 4.78 is 23.8. The number of pyridine rings is 1. The fraction of sp³-hybridized carbons (Fsp3) is 0.231. The number of ether oxygens (including phenoxy) is 2. The van der Waals surface area contributed by atoms with Crippen molar-refractivity contribution in [2.75, 3.05) is 14.2 Å². The number of benzene rings is 1. The van der Waals surface area contributed by atoms with E-state index in [-0.39, 0.29) is 10.2 Å². The van der Waals surface area contributed by atoms with E-state index in [9.17, 15) is 9.18 Å². The fourth-order valence-electron chi connectivity index (χ4n) is 1.83. The van der Waals surface area contributed by atoms with E-state index in [1.165, 1.54) is 26.4 Å². The van der Waals surface area contributed by atoms with E-state index in [0.29, 0.717) is 22.2 Å². The first-order chi connectivity index (χ1) is 8.99. The largest absolute Gasteiger partial charge is 0.496 e. The van der Waals surface area contributed by atoms with Gasteiger partial charge >= 0.3 is 5.97 Å². The molecule has 0 bridgehead atoms. The normalized spacial score (nSPS) is 10.6. The first-order valence-corrected chi connectivity index (χ1v) is 6.20. The van der Waals surface area contributed by atoms with Crippen molar-refractivity contribution in [3.05, 3.63) is 33.7 Å². The van der Waals surface area contributed by atoms with Crippen LogP contribution < -0.4 is 4.74 Å². The van der Waals surface area contributed by atoms with Crippen molar-refractivity contribution < 1.29 is 18.7 Å². The number of methoxy groups -OCH3 is 2. The second kappa shape index (κ2) is 5.13. The summed E-state index contributed by atoms with van der Waals surface area (Å²) in [5.41, 5.74) is 1.22. The minimum absolute atomic E-state index is 0.119. The van der Waals surface area contributed by atoms with E-state index in [1.54, 1.807) is 6.92 Å². The third-order valence-electron chi connectivity index (χ3n) is 2.74. The number of carbonyl (C=O) groups excluding carboxylic acids is 1. The minimum atomic E-state index is -0.569. The molecule has 0 aliphatic carbocycles. The molecule has 2 rings (SSSR count). The number of fused-ring (bicyclic) bond motifs is 1. The van der Waals surface area contributed by atoms with Gasteiger partial charge in [0.15, 0.2) is 5.69 Å². The Morgan fingerprint density at radius 2 is 2.05 bits per heavy atom. The van der Waals surface area contributed by atoms with Gasteiger partial charge in [0, 0.05) is 6.07 Å². The molecule has 0 N–H and O–H groups in total. The number of hydrogen-bond donors (Lipinski definition) is 0. The second-order valence-corrected chi connectivity index (χ2v) is 4.71. The summed E-state index contributed by atoms with van der Waals surface area (Å²) in [6.45, 7) is 1.71. The summed E-state index contributed by atoms with van der Waals surface area (Å²) in [5, 5.41) is 0.493. The number of halogens is 2. The van der Waals surface area contributed by atoms with Gasteiger partial charge in [-0.2, -0.15) is 0 Å². The molecule has 1 aromatic carbocycles. The maximum atomic E-state index is 13.7. The number of esters is 1. The molecule has 100 valence electrons. The van der Waals surface area contributed by atoms with Crippen molar-refractivity contribution in [3.63, 3.8) is 0 Å². The van der Waals surface area contributed by atoms with Gasteiger partial charge in [0.1, 0.15) is 11.6 Å². The maximum Gasteiger partial charge on any atom is 0.356 e. The zero-order valence-corrected chi connectivity index (χ0v) is 12.2. The van der Waals surface area contributed by atoms with Crippen LogP contribution in [0.5, 0.6) is 5.75 Å². The van der Waals surface area contributed by atoms with Gasteiger partial charge in [-0.25, -0.2) is 14.2 Å². The van der Waals surface area contributed by atoms with Crippen molar-refractivity contribution >= 4 is 32.8 Å². The predicted octanol–water partition coefficient (Wildman–Crippen LogP) is 3.24. The molecule has 0 saturated carbocycles. The number of hydrogen-bond acceptors (Lipinski definition) is 4. The Labute approximate surface area is 117 Å². The number of rotatable bonds is 2. The van der Waals surface area contributed by atoms with E-state index >= 15 is 0 Å². The average molecular weight is 328 g/mol. The van der Waals surface area contributed by atoms with E-state index in [2.05, 4.69) is 25.7 Å². The Kier molecular flexibility index (Phi) is 3.71. The minimum Gasteiger partial charge on any atom is -0.496 e. The lowest BCUT2D eigenvalue weighted by Gasteiger charge is -2.11. The van der Waals surface area contributed by atoms with Gasteiger partial charge < -0.3 is 9.47 Å². The van der Waals surface area contributed by atoms with Gasteiger partial charge in [0.25, 0.3) is 0 Å². The van der Waals surface area contributed by atoms with Gasteiger partial charge in [0.05, 0.1) is 29.6 Å². The van der Waals surface area contributed by atoms with Crippen LogP contribution in [0.4, 0.5) is 4.39 Å². The maximum absolute atomic E-state index is 13.7. The standard InChI is InChI=1S/C13H11BrFNO3/c1-6-4-7(15)11(14)10-9(18-2)5-8(13(17)19-3)16-12(6)10/h4-5H,1-3H3. The summed E-state index contributed by atoms with van der Waals surface area (Å²) >= 11 is 3.17. The third-order valence-corrected chi connectivity index (χ3v) is 3.52. The lowest BCUT2D eigenvalue weighted by atomic mass is 10.1. The molecular weight excluding hydrogens is 317 g/mol. The number of carbonyl (C=O) groups is 1. The van der Waals surface area contributed by atoms with Crippen LogP contribution in [0.1, 0.15) is 16.1 Å². The summed E-state index contributed by atoms with van der Waals surface area (Å²) in [6, 6.07) is 2.78. The second-order valence-electron chi connectivity index (χ2n) is 3.91. The van der Waals surface area contributed by atoms with E-state index in [4.69, 9.17) is 4.74 Å². The van der Waals surface area contributed by atoms with Crippen LogP contribution in [-0.4, -0.2) is 25.2 Å². The van der Waals surface area contributed by atoms with E-state index < -0.39 is 11.8 Å². The first-order valence-electron chi connectivity index (χ1n) is 5.41. The monoisotopic (exact) mass is 327 g/mol. The predicted molar refractivity (Wildman–Crippen MR) is 72.0 cm³/mol. The highest BCUT2D eigenvalue weighted by atomic mass is 79.9. The van der Waals surface area contributed by atoms with Crippen LogP contribution >= 0.6 is 15.9 Å². The highest BCUT2D eigenvalue weighted by Gasteiger charge is 2.18. The quantitative estimate of drug-likeness (QED) is 0.794. The zero-order chi connectivity index (χ0) is 14.2. The topological polar surface area (TPSA) is 48.4 Å². The Hall–Kier alpha value is -1.69. The van der Waals surface area contributed by atoms with Crippen LogP contribution in [-0.2, 0) is 4.74 Å². The molecule has 0 fully saturated rings. The zero-order valence-electron chi connectivity index (χ0n) is 10.6. The van der Waals surface area contributed by atoms with Gasteiger partial charge in [-0.3, -0.25) is 0 Å². The number of nitrogens with zero attached hydrogens (tertiary/aromatic N) is 1. The molecule has 1 heterocycles. The Balaban J connectivity index is 2.88. The van der Waals surface area contributed by atoms with E-state index in [1.807, 2.05) is 0 Å². The summed E-state index contributed by atoms with van der Waals surface area (Å²) in [7, 11) is 2.72. The molecule has 1 aromatic heterocycles. The number of aromatic nitrogens is 1. The highest BCUT2D eigenvalue weighted by molar-refractivity contribution is 9.10.